The molecule has 2 aromatic rings. The van der Waals surface area contributed by atoms with Gasteiger partial charge in [0, 0.05) is 18.9 Å². The Morgan fingerprint density at radius 2 is 2.05 bits per heavy atom. The maximum absolute atomic E-state index is 8.68. The van der Waals surface area contributed by atoms with Crippen LogP contribution >= 0.6 is 0 Å². The Bertz CT molecular complexity index is 617. The van der Waals surface area contributed by atoms with Crippen LogP contribution in [-0.4, -0.2) is 29.6 Å². The fourth-order valence-corrected chi connectivity index (χ4v) is 2.00. The maximum Gasteiger partial charge on any atom is 0.146 e. The van der Waals surface area contributed by atoms with Crippen LogP contribution in [-0.2, 0) is 6.42 Å². The molecule has 0 fully saturated rings. The molecule has 2 heterocycles. The Balaban J connectivity index is 1.56. The second kappa shape index (κ2) is 8.60. The molecule has 0 bridgehead atoms. The van der Waals surface area contributed by atoms with Gasteiger partial charge < -0.3 is 16.4 Å². The lowest BCUT2D eigenvalue weighted by Crippen LogP contribution is -2.21. The Labute approximate surface area is 130 Å². The fraction of sp³-hybridized carbons (Fsp3) is 0.312. The van der Waals surface area contributed by atoms with Gasteiger partial charge in [-0.3, -0.25) is 0 Å². The number of hydrogen-bond acceptors (Lipinski definition) is 6. The van der Waals surface area contributed by atoms with Gasteiger partial charge in [0.05, 0.1) is 5.69 Å². The van der Waals surface area contributed by atoms with Crippen LogP contribution in [0.3, 0.4) is 0 Å². The average Bonchev–Trinajstić information content (AvgIpc) is 2.56. The van der Waals surface area contributed by atoms with Crippen LogP contribution in [0.2, 0.25) is 0 Å². The number of nitrogens with two attached hydrogens (primary N) is 1. The molecular weight excluding hydrogens is 276 g/mol. The van der Waals surface area contributed by atoms with Crippen LogP contribution < -0.4 is 16.4 Å². The third-order valence-corrected chi connectivity index (χ3v) is 3.21. The second-order valence-electron chi connectivity index (χ2n) is 4.88. The molecule has 0 aliphatic heterocycles. The summed E-state index contributed by atoms with van der Waals surface area (Å²) < 4.78 is 0. The number of nitrogens with one attached hydrogen (secondary N) is 2. The first-order chi connectivity index (χ1) is 10.8. The highest BCUT2D eigenvalue weighted by Gasteiger charge is 1.98. The SMILES string of the molecule is N#Cc1ccc(CCNCCCNc2cccnc2N)cn1. The van der Waals surface area contributed by atoms with Crippen LogP contribution in [0.5, 0.6) is 0 Å². The molecule has 0 aromatic carbocycles. The maximum atomic E-state index is 8.68. The molecule has 0 aliphatic rings. The van der Waals surface area contributed by atoms with Crippen molar-refractivity contribution in [3.05, 3.63) is 47.9 Å². The van der Waals surface area contributed by atoms with Crippen LogP contribution in [0.25, 0.3) is 0 Å². The van der Waals surface area contributed by atoms with Crippen LogP contribution in [0.1, 0.15) is 17.7 Å². The molecule has 0 saturated heterocycles. The Morgan fingerprint density at radius 3 is 2.77 bits per heavy atom. The molecule has 2 aromatic heterocycles. The summed E-state index contributed by atoms with van der Waals surface area (Å²) in [5, 5.41) is 15.3. The average molecular weight is 296 g/mol. The first-order valence-electron chi connectivity index (χ1n) is 7.29. The quantitative estimate of drug-likeness (QED) is 0.639. The first-order valence-corrected chi connectivity index (χ1v) is 7.29. The van der Waals surface area contributed by atoms with E-state index < -0.39 is 0 Å². The predicted molar refractivity (Wildman–Crippen MR) is 87.3 cm³/mol. The van der Waals surface area contributed by atoms with Crippen LogP contribution in [0, 0.1) is 11.3 Å². The van der Waals surface area contributed by atoms with E-state index in [4.69, 9.17) is 11.0 Å². The van der Waals surface area contributed by atoms with Gasteiger partial charge in [0.25, 0.3) is 0 Å². The van der Waals surface area contributed by atoms with Gasteiger partial charge in [-0.25, -0.2) is 9.97 Å². The van der Waals surface area contributed by atoms with E-state index in [0.717, 1.165) is 43.7 Å². The third kappa shape index (κ3) is 5.04. The molecule has 6 nitrogen and oxygen atoms in total. The normalized spacial score (nSPS) is 10.1. The zero-order chi connectivity index (χ0) is 15.6. The van der Waals surface area contributed by atoms with E-state index in [0.29, 0.717) is 11.5 Å². The van der Waals surface area contributed by atoms with E-state index in [-0.39, 0.29) is 0 Å². The molecule has 114 valence electrons. The van der Waals surface area contributed by atoms with Gasteiger partial charge >= 0.3 is 0 Å². The molecule has 2 rings (SSSR count). The number of nitrogens with zero attached hydrogens (tertiary/aromatic N) is 3. The van der Waals surface area contributed by atoms with Crippen molar-refractivity contribution in [1.82, 2.24) is 15.3 Å². The van der Waals surface area contributed by atoms with E-state index in [1.807, 2.05) is 24.3 Å². The molecule has 0 spiro atoms. The summed E-state index contributed by atoms with van der Waals surface area (Å²) in [6.07, 6.45) is 5.34. The largest absolute Gasteiger partial charge is 0.382 e. The smallest absolute Gasteiger partial charge is 0.146 e. The number of anilines is 2. The van der Waals surface area contributed by atoms with Gasteiger partial charge in [-0.1, -0.05) is 6.07 Å². The number of nitrogen functional groups attached to an aromatic ring is 1. The fourth-order valence-electron chi connectivity index (χ4n) is 2.00. The van der Waals surface area contributed by atoms with E-state index >= 15 is 0 Å². The highest BCUT2D eigenvalue weighted by molar-refractivity contribution is 5.60. The Morgan fingerprint density at radius 1 is 1.14 bits per heavy atom. The molecule has 0 amide bonds. The van der Waals surface area contributed by atoms with Crippen molar-refractivity contribution < 1.29 is 0 Å². The van der Waals surface area contributed by atoms with Crippen molar-refractivity contribution >= 4 is 11.5 Å². The number of nitriles is 1. The number of rotatable bonds is 8. The number of pyridine rings is 2. The molecule has 0 unspecified atom stereocenters. The summed E-state index contributed by atoms with van der Waals surface area (Å²) in [7, 11) is 0. The summed E-state index contributed by atoms with van der Waals surface area (Å²) in [5.41, 5.74) is 8.22. The molecule has 22 heavy (non-hydrogen) atoms. The molecule has 4 N–H and O–H groups in total. The lowest BCUT2D eigenvalue weighted by atomic mass is 10.2. The molecule has 0 aliphatic carbocycles. The summed E-state index contributed by atoms with van der Waals surface area (Å²) in [6.45, 7) is 2.67. The molecule has 6 heteroatoms. The zero-order valence-corrected chi connectivity index (χ0v) is 12.4. The van der Waals surface area contributed by atoms with Gasteiger partial charge in [0.2, 0.25) is 0 Å². The molecular formula is C16H20N6. The molecule has 0 atom stereocenters. The highest BCUT2D eigenvalue weighted by Crippen LogP contribution is 2.12. The topological polar surface area (TPSA) is 99.7 Å². The summed E-state index contributed by atoms with van der Waals surface area (Å²) in [4.78, 5) is 8.08. The molecule has 0 saturated carbocycles. The Hall–Kier alpha value is -2.65. The van der Waals surface area contributed by atoms with E-state index in [2.05, 4.69) is 20.6 Å². The molecule has 0 radical (unpaired) electrons. The van der Waals surface area contributed by atoms with Crippen molar-refractivity contribution in [3.8, 4) is 6.07 Å². The summed E-state index contributed by atoms with van der Waals surface area (Å²) in [6, 6.07) is 9.49. The van der Waals surface area contributed by atoms with Gasteiger partial charge in [-0.2, -0.15) is 5.26 Å². The van der Waals surface area contributed by atoms with Crippen molar-refractivity contribution in [2.45, 2.75) is 12.8 Å². The van der Waals surface area contributed by atoms with E-state index in [1.165, 1.54) is 0 Å². The standard InChI is InChI=1S/C16H20N6/c17-11-14-5-4-13(12-22-14)6-10-19-7-2-9-20-15-3-1-8-21-16(15)18/h1,3-5,8,12,19-20H,2,6-7,9-10H2,(H2,18,21). The van der Waals surface area contributed by atoms with Crippen molar-refractivity contribution in [1.29, 1.82) is 5.26 Å². The van der Waals surface area contributed by atoms with Gasteiger partial charge in [-0.15, -0.1) is 0 Å². The Kier molecular flexibility index (Phi) is 6.15. The lowest BCUT2D eigenvalue weighted by Gasteiger charge is -2.08. The minimum atomic E-state index is 0.456. The summed E-state index contributed by atoms with van der Waals surface area (Å²) in [5.74, 6) is 0.531. The predicted octanol–water partition coefficient (Wildman–Crippen LogP) is 1.56. The van der Waals surface area contributed by atoms with Gasteiger partial charge in [-0.05, 0) is 49.7 Å². The second-order valence-corrected chi connectivity index (χ2v) is 4.88. The summed E-state index contributed by atoms with van der Waals surface area (Å²) >= 11 is 0. The number of hydrogen-bond donors (Lipinski definition) is 3. The number of aromatic nitrogens is 2. The minimum absolute atomic E-state index is 0.456. The zero-order valence-electron chi connectivity index (χ0n) is 12.4. The van der Waals surface area contributed by atoms with Crippen molar-refractivity contribution in [2.24, 2.45) is 0 Å². The lowest BCUT2D eigenvalue weighted by molar-refractivity contribution is 0.659. The van der Waals surface area contributed by atoms with Crippen molar-refractivity contribution in [2.75, 3.05) is 30.7 Å². The van der Waals surface area contributed by atoms with Gasteiger partial charge in [0.1, 0.15) is 17.6 Å². The monoisotopic (exact) mass is 296 g/mol. The van der Waals surface area contributed by atoms with Gasteiger partial charge in [0.15, 0.2) is 0 Å². The van der Waals surface area contributed by atoms with Crippen LogP contribution in [0.15, 0.2) is 36.7 Å². The van der Waals surface area contributed by atoms with E-state index in [1.54, 1.807) is 18.5 Å². The van der Waals surface area contributed by atoms with E-state index in [9.17, 15) is 0 Å². The first kappa shape index (κ1) is 15.7. The highest BCUT2D eigenvalue weighted by atomic mass is 15.0. The van der Waals surface area contributed by atoms with Crippen molar-refractivity contribution in [3.63, 3.8) is 0 Å². The van der Waals surface area contributed by atoms with Crippen LogP contribution in [0.4, 0.5) is 11.5 Å². The third-order valence-electron chi connectivity index (χ3n) is 3.21. The minimum Gasteiger partial charge on any atom is -0.382 e.